The molecular formula is C22H16BrN3O3. The summed E-state index contributed by atoms with van der Waals surface area (Å²) in [5.74, 6) is 1.32. The number of esters is 1. The molecule has 0 saturated carbocycles. The molecule has 0 aliphatic rings. The van der Waals surface area contributed by atoms with Crippen LogP contribution in [0.1, 0.15) is 10.4 Å². The van der Waals surface area contributed by atoms with Gasteiger partial charge in [0.15, 0.2) is 0 Å². The number of aromatic nitrogens is 2. The Morgan fingerprint density at radius 2 is 1.79 bits per heavy atom. The Labute approximate surface area is 175 Å². The van der Waals surface area contributed by atoms with Crippen LogP contribution in [-0.4, -0.2) is 23.0 Å². The van der Waals surface area contributed by atoms with E-state index in [-0.39, 0.29) is 0 Å². The van der Waals surface area contributed by atoms with Crippen LogP contribution >= 0.6 is 15.9 Å². The van der Waals surface area contributed by atoms with Gasteiger partial charge in [-0.25, -0.2) is 14.8 Å². The van der Waals surface area contributed by atoms with Crippen LogP contribution in [0.2, 0.25) is 0 Å². The molecule has 0 bridgehead atoms. The zero-order valence-electron chi connectivity index (χ0n) is 15.4. The molecule has 3 aromatic carbocycles. The molecule has 4 rings (SSSR count). The molecule has 4 aromatic rings. The molecule has 144 valence electrons. The second kappa shape index (κ2) is 8.28. The molecule has 0 radical (unpaired) electrons. The molecule has 0 unspecified atom stereocenters. The van der Waals surface area contributed by atoms with Crippen LogP contribution in [0.4, 0.5) is 11.5 Å². The second-order valence-electron chi connectivity index (χ2n) is 6.15. The lowest BCUT2D eigenvalue weighted by Gasteiger charge is -2.10. The van der Waals surface area contributed by atoms with Crippen molar-refractivity contribution >= 4 is 44.3 Å². The molecule has 1 N–H and O–H groups in total. The Morgan fingerprint density at radius 3 is 2.59 bits per heavy atom. The molecule has 0 saturated heterocycles. The van der Waals surface area contributed by atoms with Gasteiger partial charge in [-0.3, -0.25) is 0 Å². The van der Waals surface area contributed by atoms with Gasteiger partial charge in [0.05, 0.1) is 18.2 Å². The third-order valence-electron chi connectivity index (χ3n) is 4.23. The van der Waals surface area contributed by atoms with Crippen LogP contribution in [0.15, 0.2) is 77.5 Å². The van der Waals surface area contributed by atoms with E-state index in [1.54, 1.807) is 49.6 Å². The summed E-state index contributed by atoms with van der Waals surface area (Å²) >= 11 is 3.47. The highest BCUT2D eigenvalue weighted by atomic mass is 79.9. The lowest BCUT2D eigenvalue weighted by molar-refractivity contribution is 0.0735. The molecular weight excluding hydrogens is 434 g/mol. The van der Waals surface area contributed by atoms with Crippen molar-refractivity contribution in [3.63, 3.8) is 0 Å². The number of benzene rings is 3. The second-order valence-corrected chi connectivity index (χ2v) is 7.07. The summed E-state index contributed by atoms with van der Waals surface area (Å²) in [5, 5.41) is 4.14. The van der Waals surface area contributed by atoms with E-state index in [1.165, 1.54) is 6.33 Å². The minimum absolute atomic E-state index is 0.426. The zero-order chi connectivity index (χ0) is 20.2. The monoisotopic (exact) mass is 449 g/mol. The lowest BCUT2D eigenvalue weighted by atomic mass is 10.2. The van der Waals surface area contributed by atoms with Crippen molar-refractivity contribution in [1.82, 2.24) is 9.97 Å². The Bertz CT molecular complexity index is 1180. The van der Waals surface area contributed by atoms with Gasteiger partial charge in [0, 0.05) is 21.6 Å². The normalized spacial score (nSPS) is 10.6. The Balaban J connectivity index is 1.55. The SMILES string of the molecule is COc1ccc(C(=O)Oc2cccc(Nc3ncnc4ccc(Br)cc34)c2)cc1. The molecule has 0 fully saturated rings. The highest BCUT2D eigenvalue weighted by molar-refractivity contribution is 9.10. The number of hydrogen-bond donors (Lipinski definition) is 1. The van der Waals surface area contributed by atoms with Gasteiger partial charge in [-0.05, 0) is 54.6 Å². The van der Waals surface area contributed by atoms with Crippen LogP contribution in [-0.2, 0) is 0 Å². The number of nitrogens with zero attached hydrogens (tertiary/aromatic N) is 2. The first-order chi connectivity index (χ1) is 14.1. The minimum atomic E-state index is -0.443. The van der Waals surface area contributed by atoms with Crippen molar-refractivity contribution in [1.29, 1.82) is 0 Å². The first-order valence-corrected chi connectivity index (χ1v) is 9.55. The van der Waals surface area contributed by atoms with E-state index in [2.05, 4.69) is 31.2 Å². The number of methoxy groups -OCH3 is 1. The van der Waals surface area contributed by atoms with Crippen molar-refractivity contribution in [2.45, 2.75) is 0 Å². The van der Waals surface area contributed by atoms with Crippen molar-refractivity contribution < 1.29 is 14.3 Å². The highest BCUT2D eigenvalue weighted by Crippen LogP contribution is 2.27. The largest absolute Gasteiger partial charge is 0.497 e. The van der Waals surface area contributed by atoms with Crippen LogP contribution < -0.4 is 14.8 Å². The smallest absolute Gasteiger partial charge is 0.343 e. The molecule has 29 heavy (non-hydrogen) atoms. The average Bonchev–Trinajstić information content (AvgIpc) is 2.74. The summed E-state index contributed by atoms with van der Waals surface area (Å²) in [6, 6.07) is 19.7. The van der Waals surface area contributed by atoms with Crippen molar-refractivity contribution in [2.24, 2.45) is 0 Å². The third kappa shape index (κ3) is 4.35. The number of hydrogen-bond acceptors (Lipinski definition) is 6. The first kappa shape index (κ1) is 18.9. The Kier molecular flexibility index (Phi) is 5.39. The van der Waals surface area contributed by atoms with Gasteiger partial charge in [0.2, 0.25) is 0 Å². The van der Waals surface area contributed by atoms with E-state index in [1.807, 2.05) is 24.3 Å². The fourth-order valence-electron chi connectivity index (χ4n) is 2.80. The van der Waals surface area contributed by atoms with E-state index in [0.717, 1.165) is 21.1 Å². The van der Waals surface area contributed by atoms with Crippen LogP contribution in [0.5, 0.6) is 11.5 Å². The van der Waals surface area contributed by atoms with Gasteiger partial charge in [0.1, 0.15) is 23.6 Å². The van der Waals surface area contributed by atoms with Crippen LogP contribution in [0, 0.1) is 0 Å². The average molecular weight is 450 g/mol. The number of halogens is 1. The number of carbonyl (C=O) groups excluding carboxylic acids is 1. The number of rotatable bonds is 5. The van der Waals surface area contributed by atoms with E-state index >= 15 is 0 Å². The molecule has 0 aliphatic heterocycles. The number of nitrogens with one attached hydrogen (secondary N) is 1. The van der Waals surface area contributed by atoms with E-state index < -0.39 is 5.97 Å². The molecule has 1 heterocycles. The fraction of sp³-hybridized carbons (Fsp3) is 0.0455. The number of carbonyl (C=O) groups is 1. The summed E-state index contributed by atoms with van der Waals surface area (Å²) in [6.45, 7) is 0. The number of fused-ring (bicyclic) bond motifs is 1. The summed E-state index contributed by atoms with van der Waals surface area (Å²) in [4.78, 5) is 21.0. The van der Waals surface area contributed by atoms with Crippen LogP contribution in [0.3, 0.4) is 0 Å². The number of ether oxygens (including phenoxy) is 2. The zero-order valence-corrected chi connectivity index (χ0v) is 17.0. The summed E-state index contributed by atoms with van der Waals surface area (Å²) in [5.41, 5.74) is 2.01. The Hall–Kier alpha value is -3.45. The molecule has 0 atom stereocenters. The molecule has 0 aliphatic carbocycles. The van der Waals surface area contributed by atoms with Crippen molar-refractivity contribution in [3.05, 3.63) is 83.1 Å². The van der Waals surface area contributed by atoms with E-state index in [0.29, 0.717) is 22.9 Å². The van der Waals surface area contributed by atoms with Gasteiger partial charge < -0.3 is 14.8 Å². The predicted octanol–water partition coefficient (Wildman–Crippen LogP) is 5.36. The van der Waals surface area contributed by atoms with Crippen LogP contribution in [0.25, 0.3) is 10.9 Å². The predicted molar refractivity (Wildman–Crippen MR) is 115 cm³/mol. The topological polar surface area (TPSA) is 73.3 Å². The van der Waals surface area contributed by atoms with Gasteiger partial charge in [-0.1, -0.05) is 22.0 Å². The standard InChI is InChI=1S/C22H16BrN3O3/c1-28-17-8-5-14(6-9-17)22(27)29-18-4-2-3-16(12-18)26-21-19-11-15(23)7-10-20(19)24-13-25-21/h2-13H,1H3,(H,24,25,26). The van der Waals surface area contributed by atoms with E-state index in [9.17, 15) is 4.79 Å². The molecule has 0 amide bonds. The van der Waals surface area contributed by atoms with Gasteiger partial charge in [0.25, 0.3) is 0 Å². The number of anilines is 2. The first-order valence-electron chi connectivity index (χ1n) is 8.76. The quantitative estimate of drug-likeness (QED) is 0.326. The van der Waals surface area contributed by atoms with E-state index in [4.69, 9.17) is 9.47 Å². The lowest BCUT2D eigenvalue weighted by Crippen LogP contribution is -2.08. The fourth-order valence-corrected chi connectivity index (χ4v) is 3.16. The maximum absolute atomic E-state index is 12.4. The van der Waals surface area contributed by atoms with Crippen molar-refractivity contribution in [2.75, 3.05) is 12.4 Å². The van der Waals surface area contributed by atoms with Gasteiger partial charge >= 0.3 is 5.97 Å². The highest BCUT2D eigenvalue weighted by Gasteiger charge is 2.10. The molecule has 7 heteroatoms. The van der Waals surface area contributed by atoms with Gasteiger partial charge in [-0.15, -0.1) is 0 Å². The minimum Gasteiger partial charge on any atom is -0.497 e. The Morgan fingerprint density at radius 1 is 0.966 bits per heavy atom. The summed E-state index contributed by atoms with van der Waals surface area (Å²) in [7, 11) is 1.57. The maximum atomic E-state index is 12.4. The maximum Gasteiger partial charge on any atom is 0.343 e. The van der Waals surface area contributed by atoms with Crippen molar-refractivity contribution in [3.8, 4) is 11.5 Å². The summed E-state index contributed by atoms with van der Waals surface area (Å²) < 4.78 is 11.5. The third-order valence-corrected chi connectivity index (χ3v) is 4.72. The summed E-state index contributed by atoms with van der Waals surface area (Å²) in [6.07, 6.45) is 1.51. The van der Waals surface area contributed by atoms with Gasteiger partial charge in [-0.2, -0.15) is 0 Å². The molecule has 1 aromatic heterocycles. The molecule has 6 nitrogen and oxygen atoms in total. The molecule has 0 spiro atoms.